The molecule has 0 saturated carbocycles. The molecular formula is C27H28ClNOSi. The molecule has 0 aliphatic carbocycles. The van der Waals surface area contributed by atoms with Gasteiger partial charge >= 0.3 is 0 Å². The Bertz CT molecular complexity index is 1140. The van der Waals surface area contributed by atoms with Crippen LogP contribution in [0.15, 0.2) is 97.1 Å². The predicted molar refractivity (Wildman–Crippen MR) is 135 cm³/mol. The standard InChI is InChI=1S/C27H28ClNOSi/c1-31(2,3)30-29(26-11-5-4-6-12-26)27(23-15-17-25(28)18-16-23)20-21-13-14-22-9-7-8-10-24(22)19-21/h4-19,27H,20H2,1-3H3. The van der Waals surface area contributed by atoms with Crippen LogP contribution in [0.4, 0.5) is 5.69 Å². The van der Waals surface area contributed by atoms with Crippen molar-refractivity contribution < 1.29 is 4.53 Å². The van der Waals surface area contributed by atoms with Crippen LogP contribution in [0.1, 0.15) is 17.2 Å². The smallest absolute Gasteiger partial charge is 0.220 e. The predicted octanol–water partition coefficient (Wildman–Crippen LogP) is 8.05. The molecule has 4 aromatic carbocycles. The summed E-state index contributed by atoms with van der Waals surface area (Å²) in [5, 5.41) is 5.37. The molecule has 0 aliphatic heterocycles. The lowest BCUT2D eigenvalue weighted by atomic mass is 9.96. The minimum Gasteiger partial charge on any atom is -0.320 e. The van der Waals surface area contributed by atoms with Crippen LogP contribution >= 0.6 is 11.6 Å². The third-order valence-electron chi connectivity index (χ3n) is 5.16. The highest BCUT2D eigenvalue weighted by Gasteiger charge is 2.28. The molecule has 0 spiro atoms. The van der Waals surface area contributed by atoms with E-state index < -0.39 is 8.32 Å². The first kappa shape index (κ1) is 21.6. The molecule has 4 aromatic rings. The topological polar surface area (TPSA) is 12.5 Å². The van der Waals surface area contributed by atoms with Crippen molar-refractivity contribution in [2.75, 3.05) is 5.06 Å². The lowest BCUT2D eigenvalue weighted by molar-refractivity contribution is 0.233. The monoisotopic (exact) mass is 445 g/mol. The molecule has 0 aliphatic rings. The second kappa shape index (κ2) is 9.27. The van der Waals surface area contributed by atoms with Crippen molar-refractivity contribution in [3.8, 4) is 0 Å². The van der Waals surface area contributed by atoms with Crippen LogP contribution in [0.3, 0.4) is 0 Å². The molecule has 1 unspecified atom stereocenters. The summed E-state index contributed by atoms with van der Waals surface area (Å²) in [7, 11) is -1.87. The lowest BCUT2D eigenvalue weighted by Gasteiger charge is -2.37. The van der Waals surface area contributed by atoms with E-state index in [1.165, 1.54) is 21.9 Å². The number of halogens is 1. The lowest BCUT2D eigenvalue weighted by Crippen LogP contribution is -2.40. The first-order valence-electron chi connectivity index (χ1n) is 10.7. The van der Waals surface area contributed by atoms with Gasteiger partial charge in [-0.1, -0.05) is 84.4 Å². The van der Waals surface area contributed by atoms with E-state index in [1.807, 2.05) is 18.2 Å². The highest BCUT2D eigenvalue weighted by molar-refractivity contribution is 6.69. The fraction of sp³-hybridized carbons (Fsp3) is 0.185. The Morgan fingerprint density at radius 1 is 0.774 bits per heavy atom. The van der Waals surface area contributed by atoms with Gasteiger partial charge in [0, 0.05) is 5.02 Å². The van der Waals surface area contributed by atoms with Crippen molar-refractivity contribution in [2.24, 2.45) is 0 Å². The number of rotatable bonds is 7. The first-order valence-corrected chi connectivity index (χ1v) is 14.4. The van der Waals surface area contributed by atoms with E-state index in [2.05, 4.69) is 104 Å². The molecule has 4 rings (SSSR count). The Morgan fingerprint density at radius 3 is 2.10 bits per heavy atom. The van der Waals surface area contributed by atoms with Gasteiger partial charge in [0.25, 0.3) is 0 Å². The fourth-order valence-corrected chi connectivity index (χ4v) is 4.73. The zero-order valence-corrected chi connectivity index (χ0v) is 20.0. The fourth-order valence-electron chi connectivity index (χ4n) is 3.78. The van der Waals surface area contributed by atoms with Crippen molar-refractivity contribution in [1.29, 1.82) is 0 Å². The van der Waals surface area contributed by atoms with Gasteiger partial charge in [-0.05, 0) is 72.2 Å². The number of hydroxylamine groups is 1. The molecule has 0 radical (unpaired) electrons. The molecule has 0 aromatic heterocycles. The number of anilines is 1. The van der Waals surface area contributed by atoms with Crippen molar-refractivity contribution in [2.45, 2.75) is 32.1 Å². The first-order chi connectivity index (χ1) is 14.9. The van der Waals surface area contributed by atoms with E-state index in [9.17, 15) is 0 Å². The number of para-hydroxylation sites is 1. The van der Waals surface area contributed by atoms with Crippen molar-refractivity contribution in [3.05, 3.63) is 113 Å². The number of hydrogen-bond acceptors (Lipinski definition) is 2. The molecule has 4 heteroatoms. The molecule has 31 heavy (non-hydrogen) atoms. The van der Waals surface area contributed by atoms with Crippen LogP contribution in [0.2, 0.25) is 24.7 Å². The molecular weight excluding hydrogens is 418 g/mol. The van der Waals surface area contributed by atoms with E-state index >= 15 is 0 Å². The third-order valence-corrected chi connectivity index (χ3v) is 6.16. The quantitative estimate of drug-likeness (QED) is 0.210. The minimum absolute atomic E-state index is 0.0209. The zero-order chi connectivity index (χ0) is 21.8. The highest BCUT2D eigenvalue weighted by Crippen LogP contribution is 2.33. The maximum absolute atomic E-state index is 6.67. The Labute approximate surface area is 191 Å². The van der Waals surface area contributed by atoms with Gasteiger partial charge in [-0.25, -0.2) is 0 Å². The van der Waals surface area contributed by atoms with E-state index in [1.54, 1.807) is 0 Å². The highest BCUT2D eigenvalue weighted by atomic mass is 35.5. The largest absolute Gasteiger partial charge is 0.320 e. The van der Waals surface area contributed by atoms with E-state index in [4.69, 9.17) is 16.1 Å². The normalized spacial score (nSPS) is 12.6. The summed E-state index contributed by atoms with van der Waals surface area (Å²) in [5.74, 6) is 0. The average Bonchev–Trinajstić information content (AvgIpc) is 2.77. The SMILES string of the molecule is C[Si](C)(C)ON(c1ccccc1)C(Cc1ccc2ccccc2c1)c1ccc(Cl)cc1. The van der Waals surface area contributed by atoms with Gasteiger partial charge in [0.05, 0.1) is 11.7 Å². The summed E-state index contributed by atoms with van der Waals surface area (Å²) in [6, 6.07) is 33.8. The number of hydrogen-bond donors (Lipinski definition) is 0. The summed E-state index contributed by atoms with van der Waals surface area (Å²) in [6.07, 6.45) is 0.825. The van der Waals surface area contributed by atoms with E-state index in [-0.39, 0.29) is 6.04 Å². The van der Waals surface area contributed by atoms with Crippen LogP contribution in [-0.2, 0) is 10.9 Å². The van der Waals surface area contributed by atoms with Gasteiger partial charge < -0.3 is 4.53 Å². The van der Waals surface area contributed by atoms with Gasteiger partial charge in [-0.3, -0.25) is 5.06 Å². The molecule has 0 heterocycles. The second-order valence-corrected chi connectivity index (χ2v) is 13.7. The molecule has 0 bridgehead atoms. The van der Waals surface area contributed by atoms with Crippen molar-refractivity contribution in [1.82, 2.24) is 0 Å². The van der Waals surface area contributed by atoms with Crippen LogP contribution in [0.5, 0.6) is 0 Å². The van der Waals surface area contributed by atoms with Gasteiger partial charge in [0.15, 0.2) is 0 Å². The molecule has 0 N–H and O–H groups in total. The summed E-state index contributed by atoms with van der Waals surface area (Å²) < 4.78 is 6.67. The van der Waals surface area contributed by atoms with Gasteiger partial charge in [-0.2, -0.15) is 0 Å². The van der Waals surface area contributed by atoms with Crippen molar-refractivity contribution in [3.63, 3.8) is 0 Å². The molecule has 1 atom stereocenters. The van der Waals surface area contributed by atoms with Crippen LogP contribution in [0, 0.1) is 0 Å². The molecule has 0 saturated heterocycles. The maximum Gasteiger partial charge on any atom is 0.220 e. The Hall–Kier alpha value is -2.59. The Balaban J connectivity index is 1.78. The summed E-state index contributed by atoms with van der Waals surface area (Å²) in [4.78, 5) is 0. The second-order valence-electron chi connectivity index (χ2n) is 8.82. The zero-order valence-electron chi connectivity index (χ0n) is 18.3. The molecule has 0 amide bonds. The van der Waals surface area contributed by atoms with E-state index in [0.717, 1.165) is 17.1 Å². The molecule has 0 fully saturated rings. The summed E-state index contributed by atoms with van der Waals surface area (Å²) in [5.41, 5.74) is 3.52. The number of nitrogens with zero attached hydrogens (tertiary/aromatic N) is 1. The number of fused-ring (bicyclic) bond motifs is 1. The Kier molecular flexibility index (Phi) is 6.47. The van der Waals surface area contributed by atoms with E-state index in [0.29, 0.717) is 0 Å². The summed E-state index contributed by atoms with van der Waals surface area (Å²) >= 11 is 6.21. The van der Waals surface area contributed by atoms with Gasteiger partial charge in [0.2, 0.25) is 8.32 Å². The average molecular weight is 446 g/mol. The Morgan fingerprint density at radius 2 is 1.42 bits per heavy atom. The maximum atomic E-state index is 6.67. The number of benzene rings is 4. The van der Waals surface area contributed by atoms with Crippen LogP contribution in [0.25, 0.3) is 10.8 Å². The van der Waals surface area contributed by atoms with Crippen molar-refractivity contribution >= 4 is 36.4 Å². The summed E-state index contributed by atoms with van der Waals surface area (Å²) in [6.45, 7) is 6.66. The van der Waals surface area contributed by atoms with Crippen LogP contribution in [-0.4, -0.2) is 8.32 Å². The van der Waals surface area contributed by atoms with Gasteiger partial charge in [-0.15, -0.1) is 0 Å². The minimum atomic E-state index is -1.87. The third kappa shape index (κ3) is 5.56. The van der Waals surface area contributed by atoms with Gasteiger partial charge in [0.1, 0.15) is 0 Å². The van der Waals surface area contributed by atoms with Crippen LogP contribution < -0.4 is 5.06 Å². The molecule has 158 valence electrons. The molecule has 2 nitrogen and oxygen atoms in total.